The Bertz CT molecular complexity index is 977. The highest BCUT2D eigenvalue weighted by Gasteiger charge is 2.15. The summed E-state index contributed by atoms with van der Waals surface area (Å²) in [7, 11) is 0. The first-order valence-corrected chi connectivity index (χ1v) is 10.4. The molecule has 29 heavy (non-hydrogen) atoms. The van der Waals surface area contributed by atoms with Crippen molar-refractivity contribution in [3.63, 3.8) is 0 Å². The fourth-order valence-electron chi connectivity index (χ4n) is 3.47. The van der Waals surface area contributed by atoms with Gasteiger partial charge in [-0.05, 0) is 49.5 Å². The quantitative estimate of drug-likeness (QED) is 0.532. The molecule has 0 saturated heterocycles. The van der Waals surface area contributed by atoms with Gasteiger partial charge in [0.2, 0.25) is 5.62 Å². The second-order valence-corrected chi connectivity index (χ2v) is 7.46. The van der Waals surface area contributed by atoms with Gasteiger partial charge in [-0.15, -0.1) is 0 Å². The van der Waals surface area contributed by atoms with Crippen LogP contribution in [0.1, 0.15) is 13.8 Å². The van der Waals surface area contributed by atoms with E-state index in [0.717, 1.165) is 37.2 Å². The monoisotopic (exact) mass is 416 g/mol. The predicted molar refractivity (Wildman–Crippen MR) is 117 cm³/mol. The molecule has 0 aliphatic carbocycles. The van der Waals surface area contributed by atoms with E-state index in [9.17, 15) is 5.11 Å². The van der Waals surface area contributed by atoms with Crippen molar-refractivity contribution in [1.82, 2.24) is 14.0 Å². The van der Waals surface area contributed by atoms with Crippen LogP contribution in [0.25, 0.3) is 11.0 Å². The lowest BCUT2D eigenvalue weighted by molar-refractivity contribution is 0.0920. The van der Waals surface area contributed by atoms with Gasteiger partial charge in [0.25, 0.3) is 0 Å². The Morgan fingerprint density at radius 3 is 2.28 bits per heavy atom. The lowest BCUT2D eigenvalue weighted by Crippen LogP contribution is -2.34. The summed E-state index contributed by atoms with van der Waals surface area (Å²) in [4.78, 5) is 2.34. The van der Waals surface area contributed by atoms with Gasteiger partial charge >= 0.3 is 0 Å². The third kappa shape index (κ3) is 5.21. The molecule has 7 heteroatoms. The highest BCUT2D eigenvalue weighted by molar-refractivity contribution is 6.30. The van der Waals surface area contributed by atoms with E-state index in [1.165, 1.54) is 0 Å². The second-order valence-electron chi connectivity index (χ2n) is 7.02. The van der Waals surface area contributed by atoms with Crippen LogP contribution in [-0.2, 0) is 13.1 Å². The van der Waals surface area contributed by atoms with Gasteiger partial charge in [-0.25, -0.2) is 0 Å². The molecule has 1 heterocycles. The Hall–Kier alpha value is -2.28. The second kappa shape index (κ2) is 9.96. The van der Waals surface area contributed by atoms with Crippen LogP contribution < -0.4 is 10.4 Å². The number of aliphatic hydroxyl groups is 1. The SMILES string of the molecule is CCN(CC)CCn1c(=N)n(C[C@H](O)COc2ccc(Cl)cc2)c2ccccc21. The number of aliphatic hydroxyl groups excluding tert-OH is 1. The van der Waals surface area contributed by atoms with Crippen LogP contribution >= 0.6 is 11.6 Å². The molecule has 6 nitrogen and oxygen atoms in total. The number of likely N-dealkylation sites (N-methyl/N-ethyl adjacent to an activating group) is 1. The number of fused-ring (bicyclic) bond motifs is 1. The number of hydrogen-bond acceptors (Lipinski definition) is 4. The highest BCUT2D eigenvalue weighted by atomic mass is 35.5. The molecule has 0 aliphatic heterocycles. The molecule has 0 spiro atoms. The Balaban J connectivity index is 1.75. The number of hydrogen-bond donors (Lipinski definition) is 2. The minimum atomic E-state index is -0.734. The summed E-state index contributed by atoms with van der Waals surface area (Å²) in [5.41, 5.74) is 2.35. The molecular weight excluding hydrogens is 388 g/mol. The first-order valence-electron chi connectivity index (χ1n) is 10.0. The van der Waals surface area contributed by atoms with Crippen molar-refractivity contribution < 1.29 is 9.84 Å². The van der Waals surface area contributed by atoms with Crippen molar-refractivity contribution >= 4 is 22.6 Å². The molecule has 2 aromatic carbocycles. The minimum Gasteiger partial charge on any atom is -0.491 e. The van der Waals surface area contributed by atoms with Crippen LogP contribution in [0, 0.1) is 5.41 Å². The maximum atomic E-state index is 10.5. The third-order valence-corrected chi connectivity index (χ3v) is 5.41. The molecule has 0 aliphatic rings. The third-order valence-electron chi connectivity index (χ3n) is 5.16. The number of nitrogens with zero attached hydrogens (tertiary/aromatic N) is 3. The Morgan fingerprint density at radius 1 is 1.03 bits per heavy atom. The van der Waals surface area contributed by atoms with Crippen molar-refractivity contribution in [3.8, 4) is 5.75 Å². The van der Waals surface area contributed by atoms with Gasteiger partial charge < -0.3 is 23.9 Å². The maximum absolute atomic E-state index is 10.5. The zero-order valence-electron chi connectivity index (χ0n) is 17.0. The standard InChI is InChI=1S/C22H29ClN4O2/c1-3-25(4-2)13-14-26-20-7-5-6-8-21(20)27(22(26)24)15-18(28)16-29-19-11-9-17(23)10-12-19/h5-12,18,24,28H,3-4,13-16H2,1-2H3/t18-/m0/s1. The van der Waals surface area contributed by atoms with Gasteiger partial charge in [0.05, 0.1) is 17.6 Å². The molecule has 156 valence electrons. The van der Waals surface area contributed by atoms with E-state index in [0.29, 0.717) is 22.9 Å². The summed E-state index contributed by atoms with van der Waals surface area (Å²) in [5, 5.41) is 19.9. The Labute approximate surface area is 176 Å². The number of benzene rings is 2. The summed E-state index contributed by atoms with van der Waals surface area (Å²) in [6.07, 6.45) is -0.734. The Kier molecular flexibility index (Phi) is 7.36. The summed E-state index contributed by atoms with van der Waals surface area (Å²) < 4.78 is 9.53. The van der Waals surface area contributed by atoms with Gasteiger partial charge in [-0.3, -0.25) is 5.41 Å². The number of rotatable bonds is 10. The fourth-order valence-corrected chi connectivity index (χ4v) is 3.60. The molecule has 3 rings (SSSR count). The normalized spacial score (nSPS) is 12.6. The van der Waals surface area contributed by atoms with E-state index in [4.69, 9.17) is 21.7 Å². The van der Waals surface area contributed by atoms with Gasteiger partial charge in [0, 0.05) is 18.1 Å². The molecule has 0 radical (unpaired) electrons. The number of nitrogens with one attached hydrogen (secondary N) is 1. The van der Waals surface area contributed by atoms with Crippen LogP contribution in [0.15, 0.2) is 48.5 Å². The van der Waals surface area contributed by atoms with E-state index in [1.54, 1.807) is 24.3 Å². The average Bonchev–Trinajstić information content (AvgIpc) is 3.00. The molecule has 1 atom stereocenters. The maximum Gasteiger partial charge on any atom is 0.203 e. The smallest absolute Gasteiger partial charge is 0.203 e. The summed E-state index contributed by atoms with van der Waals surface area (Å²) in [6, 6.07) is 15.0. The number of ether oxygens (including phenoxy) is 1. The first kappa shape index (κ1) is 21.4. The van der Waals surface area contributed by atoms with Gasteiger partial charge in [-0.1, -0.05) is 37.6 Å². The predicted octanol–water partition coefficient (Wildman–Crippen LogP) is 3.36. The topological polar surface area (TPSA) is 66.4 Å². The lowest BCUT2D eigenvalue weighted by Gasteiger charge is -2.18. The number of aromatic nitrogens is 2. The highest BCUT2D eigenvalue weighted by Crippen LogP contribution is 2.17. The average molecular weight is 417 g/mol. The van der Waals surface area contributed by atoms with E-state index in [-0.39, 0.29) is 6.61 Å². The number of halogens is 1. The van der Waals surface area contributed by atoms with Crippen molar-refractivity contribution in [1.29, 1.82) is 5.41 Å². The molecule has 0 amide bonds. The molecule has 1 aromatic heterocycles. The largest absolute Gasteiger partial charge is 0.491 e. The molecule has 3 aromatic rings. The van der Waals surface area contributed by atoms with E-state index in [2.05, 4.69) is 18.7 Å². The van der Waals surface area contributed by atoms with E-state index in [1.807, 2.05) is 33.4 Å². The van der Waals surface area contributed by atoms with Gasteiger partial charge in [0.15, 0.2) is 0 Å². The van der Waals surface area contributed by atoms with Gasteiger partial charge in [-0.2, -0.15) is 0 Å². The lowest BCUT2D eigenvalue weighted by atomic mass is 10.3. The molecule has 0 bridgehead atoms. The fraction of sp³-hybridized carbons (Fsp3) is 0.409. The van der Waals surface area contributed by atoms with Crippen LogP contribution in [-0.4, -0.2) is 51.5 Å². The summed E-state index contributed by atoms with van der Waals surface area (Å²) in [5.74, 6) is 0.659. The van der Waals surface area contributed by atoms with Crippen molar-refractivity contribution in [3.05, 3.63) is 59.2 Å². The summed E-state index contributed by atoms with van der Waals surface area (Å²) >= 11 is 5.89. The zero-order valence-corrected chi connectivity index (χ0v) is 17.8. The van der Waals surface area contributed by atoms with Gasteiger partial charge in [0.1, 0.15) is 18.5 Å². The van der Waals surface area contributed by atoms with Crippen molar-refractivity contribution in [2.75, 3.05) is 26.2 Å². The molecular formula is C22H29ClN4O2. The van der Waals surface area contributed by atoms with Crippen molar-refractivity contribution in [2.24, 2.45) is 0 Å². The minimum absolute atomic E-state index is 0.146. The number of imidazole rings is 1. The van der Waals surface area contributed by atoms with E-state index >= 15 is 0 Å². The first-order chi connectivity index (χ1) is 14.0. The van der Waals surface area contributed by atoms with Crippen molar-refractivity contribution in [2.45, 2.75) is 33.0 Å². The van der Waals surface area contributed by atoms with Crippen LogP contribution in [0.2, 0.25) is 5.02 Å². The molecule has 0 unspecified atom stereocenters. The zero-order chi connectivity index (χ0) is 20.8. The molecule has 0 saturated carbocycles. The number of para-hydroxylation sites is 2. The van der Waals surface area contributed by atoms with Crippen LogP contribution in [0.5, 0.6) is 5.75 Å². The Morgan fingerprint density at radius 2 is 1.66 bits per heavy atom. The molecule has 0 fully saturated rings. The summed E-state index contributed by atoms with van der Waals surface area (Å²) in [6.45, 7) is 8.35. The van der Waals surface area contributed by atoms with E-state index < -0.39 is 6.10 Å². The van der Waals surface area contributed by atoms with Crippen LogP contribution in [0.3, 0.4) is 0 Å². The molecule has 2 N–H and O–H groups in total. The van der Waals surface area contributed by atoms with Crippen LogP contribution in [0.4, 0.5) is 0 Å².